The van der Waals surface area contributed by atoms with Crippen molar-refractivity contribution in [3.05, 3.63) is 35.9 Å². The second-order valence-corrected chi connectivity index (χ2v) is 3.86. The van der Waals surface area contributed by atoms with Crippen LogP contribution < -0.4 is 4.74 Å². The summed E-state index contributed by atoms with van der Waals surface area (Å²) in [5.41, 5.74) is -6.88. The van der Waals surface area contributed by atoms with Gasteiger partial charge in [0.05, 0.1) is 7.11 Å². The molecule has 0 spiro atoms. The first-order valence-corrected chi connectivity index (χ1v) is 5.15. The summed E-state index contributed by atoms with van der Waals surface area (Å²) in [6.45, 7) is 3.14. The maximum absolute atomic E-state index is 12.8. The van der Waals surface area contributed by atoms with Crippen molar-refractivity contribution in [1.29, 1.82) is 0 Å². The standard InChI is InChI=1S/C12H10F6O2/c1-3-7-4-5-8(20-2)6-9(7)10(19,11(13,14)15)12(16,17)18/h3-6,19H,1H2,2H3. The van der Waals surface area contributed by atoms with Crippen LogP contribution in [0.15, 0.2) is 24.8 Å². The van der Waals surface area contributed by atoms with Crippen LogP contribution in [0.5, 0.6) is 5.75 Å². The van der Waals surface area contributed by atoms with Crippen LogP contribution in [0.1, 0.15) is 11.1 Å². The minimum atomic E-state index is -5.95. The van der Waals surface area contributed by atoms with Crippen LogP contribution in [0, 0.1) is 0 Å². The third-order valence-corrected chi connectivity index (χ3v) is 2.69. The van der Waals surface area contributed by atoms with Crippen LogP contribution >= 0.6 is 0 Å². The summed E-state index contributed by atoms with van der Waals surface area (Å²) >= 11 is 0. The topological polar surface area (TPSA) is 29.5 Å². The van der Waals surface area contributed by atoms with Crippen LogP contribution in [0.4, 0.5) is 26.3 Å². The zero-order valence-electron chi connectivity index (χ0n) is 10.1. The second-order valence-electron chi connectivity index (χ2n) is 3.86. The molecule has 1 aromatic rings. The Morgan fingerprint density at radius 2 is 1.60 bits per heavy atom. The van der Waals surface area contributed by atoms with Crippen LogP contribution in [-0.4, -0.2) is 24.6 Å². The first-order chi connectivity index (χ1) is 8.99. The lowest BCUT2D eigenvalue weighted by molar-refractivity contribution is -0.376. The van der Waals surface area contributed by atoms with Gasteiger partial charge in [-0.1, -0.05) is 18.7 Å². The molecule has 20 heavy (non-hydrogen) atoms. The van der Waals surface area contributed by atoms with E-state index in [0.717, 1.165) is 25.3 Å². The number of rotatable bonds is 3. The van der Waals surface area contributed by atoms with Crippen LogP contribution in [-0.2, 0) is 5.60 Å². The Labute approximate surface area is 110 Å². The van der Waals surface area contributed by atoms with Gasteiger partial charge < -0.3 is 9.84 Å². The summed E-state index contributed by atoms with van der Waals surface area (Å²) in [4.78, 5) is 0. The predicted octanol–water partition coefficient (Wildman–Crippen LogP) is 3.65. The van der Waals surface area contributed by atoms with Crippen molar-refractivity contribution in [2.24, 2.45) is 0 Å². The lowest BCUT2D eigenvalue weighted by Crippen LogP contribution is -2.54. The Hall–Kier alpha value is -1.70. The predicted molar refractivity (Wildman–Crippen MR) is 59.1 cm³/mol. The Kier molecular flexibility index (Phi) is 4.09. The number of ether oxygens (including phenoxy) is 1. The largest absolute Gasteiger partial charge is 0.497 e. The molecule has 0 aromatic heterocycles. The maximum atomic E-state index is 12.8. The van der Waals surface area contributed by atoms with E-state index in [9.17, 15) is 31.4 Å². The van der Waals surface area contributed by atoms with Gasteiger partial charge in [-0.05, 0) is 17.7 Å². The number of alkyl halides is 6. The molecule has 0 saturated carbocycles. The van der Waals surface area contributed by atoms with Gasteiger partial charge in [0.15, 0.2) is 0 Å². The molecule has 1 N–H and O–H groups in total. The van der Waals surface area contributed by atoms with Crippen LogP contribution in [0.25, 0.3) is 6.08 Å². The van der Waals surface area contributed by atoms with Crippen molar-refractivity contribution in [2.75, 3.05) is 7.11 Å². The van der Waals surface area contributed by atoms with Gasteiger partial charge in [-0.3, -0.25) is 0 Å². The minimum absolute atomic E-state index is 0.252. The molecule has 0 aliphatic carbocycles. The molecule has 0 atom stereocenters. The average Bonchev–Trinajstić information content (AvgIpc) is 2.34. The monoisotopic (exact) mass is 300 g/mol. The summed E-state index contributed by atoms with van der Waals surface area (Å²) in [6.07, 6.45) is -11.1. The fraction of sp³-hybridized carbons (Fsp3) is 0.333. The highest BCUT2D eigenvalue weighted by atomic mass is 19.4. The van der Waals surface area contributed by atoms with Gasteiger partial charge in [-0.25, -0.2) is 0 Å². The molecule has 0 fully saturated rings. The van der Waals surface area contributed by atoms with Gasteiger partial charge in [-0.15, -0.1) is 0 Å². The molecule has 0 bridgehead atoms. The Bertz CT molecular complexity index is 490. The lowest BCUT2D eigenvalue weighted by atomic mass is 9.88. The van der Waals surface area contributed by atoms with E-state index in [1.807, 2.05) is 0 Å². The van der Waals surface area contributed by atoms with Gasteiger partial charge >= 0.3 is 12.4 Å². The summed E-state index contributed by atoms with van der Waals surface area (Å²) < 4.78 is 81.4. The highest BCUT2D eigenvalue weighted by Crippen LogP contribution is 2.51. The van der Waals surface area contributed by atoms with E-state index in [4.69, 9.17) is 0 Å². The molecule has 112 valence electrons. The van der Waals surface area contributed by atoms with Crippen LogP contribution in [0.3, 0.4) is 0 Å². The number of hydrogen-bond acceptors (Lipinski definition) is 2. The van der Waals surface area contributed by atoms with Crippen molar-refractivity contribution in [2.45, 2.75) is 18.0 Å². The number of methoxy groups -OCH3 is 1. The van der Waals surface area contributed by atoms with Crippen molar-refractivity contribution >= 4 is 6.08 Å². The number of aliphatic hydroxyl groups is 1. The molecular formula is C12H10F6O2. The maximum Gasteiger partial charge on any atom is 0.430 e. The van der Waals surface area contributed by atoms with E-state index < -0.39 is 29.1 Å². The third-order valence-electron chi connectivity index (χ3n) is 2.69. The molecule has 1 rings (SSSR count). The van der Waals surface area contributed by atoms with Crippen molar-refractivity contribution < 1.29 is 36.2 Å². The zero-order valence-corrected chi connectivity index (χ0v) is 10.1. The fourth-order valence-corrected chi connectivity index (χ4v) is 1.62. The van der Waals surface area contributed by atoms with Gasteiger partial charge in [0, 0.05) is 5.56 Å². The van der Waals surface area contributed by atoms with E-state index in [2.05, 4.69) is 11.3 Å². The van der Waals surface area contributed by atoms with Gasteiger partial charge in [0.2, 0.25) is 0 Å². The Morgan fingerprint density at radius 3 is 1.95 bits per heavy atom. The average molecular weight is 300 g/mol. The first-order valence-electron chi connectivity index (χ1n) is 5.15. The number of benzene rings is 1. The van der Waals surface area contributed by atoms with E-state index in [0.29, 0.717) is 6.07 Å². The highest BCUT2D eigenvalue weighted by molar-refractivity contribution is 5.56. The SMILES string of the molecule is C=Cc1ccc(OC)cc1C(O)(C(F)(F)F)C(F)(F)F. The lowest BCUT2D eigenvalue weighted by Gasteiger charge is -2.33. The molecule has 8 heteroatoms. The molecule has 0 aliphatic rings. The molecule has 0 unspecified atom stereocenters. The second kappa shape index (κ2) is 5.01. The molecule has 0 radical (unpaired) electrons. The van der Waals surface area contributed by atoms with Crippen molar-refractivity contribution in [3.8, 4) is 5.75 Å². The van der Waals surface area contributed by atoms with Crippen molar-refractivity contribution in [3.63, 3.8) is 0 Å². The molecule has 0 aliphatic heterocycles. The minimum Gasteiger partial charge on any atom is -0.497 e. The molecule has 1 aromatic carbocycles. The number of halogens is 6. The van der Waals surface area contributed by atoms with E-state index in [1.54, 1.807) is 0 Å². The van der Waals surface area contributed by atoms with Gasteiger partial charge in [0.25, 0.3) is 5.60 Å². The molecule has 0 amide bonds. The summed E-state index contributed by atoms with van der Waals surface area (Å²) in [6, 6.07) is 2.59. The third kappa shape index (κ3) is 2.47. The molecule has 0 saturated heterocycles. The van der Waals surface area contributed by atoms with Gasteiger partial charge in [0.1, 0.15) is 5.75 Å². The Balaban J connectivity index is 3.70. The highest BCUT2D eigenvalue weighted by Gasteiger charge is 2.71. The summed E-state index contributed by atoms with van der Waals surface area (Å²) in [5, 5.41) is 9.33. The molecule has 0 heterocycles. The van der Waals surface area contributed by atoms with Crippen LogP contribution in [0.2, 0.25) is 0 Å². The summed E-state index contributed by atoms with van der Waals surface area (Å²) in [7, 11) is 1.08. The van der Waals surface area contributed by atoms with E-state index in [-0.39, 0.29) is 5.75 Å². The quantitative estimate of drug-likeness (QED) is 0.863. The normalized spacial score (nSPS) is 13.2. The van der Waals surface area contributed by atoms with Gasteiger partial charge in [-0.2, -0.15) is 26.3 Å². The smallest absolute Gasteiger partial charge is 0.430 e. The van der Waals surface area contributed by atoms with E-state index in [1.165, 1.54) is 0 Å². The molecular weight excluding hydrogens is 290 g/mol. The summed E-state index contributed by atoms with van der Waals surface area (Å²) in [5.74, 6) is -0.252. The Morgan fingerprint density at radius 1 is 1.10 bits per heavy atom. The zero-order chi connectivity index (χ0) is 15.8. The van der Waals surface area contributed by atoms with Crippen molar-refractivity contribution in [1.82, 2.24) is 0 Å². The fourth-order valence-electron chi connectivity index (χ4n) is 1.62. The van der Waals surface area contributed by atoms with E-state index >= 15 is 0 Å². The molecule has 2 nitrogen and oxygen atoms in total. The first kappa shape index (κ1) is 16.4. The number of hydrogen-bond donors (Lipinski definition) is 1.